The summed E-state index contributed by atoms with van der Waals surface area (Å²) < 4.78 is 0. The molecule has 0 atom stereocenters. The maximum absolute atomic E-state index is 2.51. The second-order valence-electron chi connectivity index (χ2n) is 16.7. The highest BCUT2D eigenvalue weighted by atomic mass is 15.1. The molecule has 0 aromatic heterocycles. The first-order chi connectivity index (χ1) is 30.8. The zero-order valence-electron chi connectivity index (χ0n) is 34.0. The summed E-state index contributed by atoms with van der Waals surface area (Å²) in [5.41, 5.74) is 18.2. The van der Waals surface area contributed by atoms with Gasteiger partial charge in [0.25, 0.3) is 0 Å². The molecule has 0 aliphatic heterocycles. The SMILES string of the molecule is c1ccc(N(c2ccc3c(c2)C2(c4ccccc4-c4ccccc42)c2ccccc2-3)c2cccc(-c3ccc4ccccc4c3)c2-c2cc3ccccc3c3ccccc23)cc1. The molecule has 62 heavy (non-hydrogen) atoms. The molecule has 11 aromatic rings. The van der Waals surface area contributed by atoms with Crippen LogP contribution in [0, 0.1) is 0 Å². The van der Waals surface area contributed by atoms with Gasteiger partial charge in [-0.3, -0.25) is 0 Å². The molecule has 0 unspecified atom stereocenters. The zero-order chi connectivity index (χ0) is 40.8. The van der Waals surface area contributed by atoms with E-state index in [1.165, 1.54) is 99.1 Å². The Morgan fingerprint density at radius 3 is 1.53 bits per heavy atom. The van der Waals surface area contributed by atoms with Crippen LogP contribution in [0.25, 0.3) is 76.8 Å². The van der Waals surface area contributed by atoms with Crippen molar-refractivity contribution >= 4 is 49.4 Å². The molecule has 0 saturated heterocycles. The molecule has 2 aliphatic carbocycles. The molecule has 1 nitrogen and oxygen atoms in total. The highest BCUT2D eigenvalue weighted by molar-refractivity contribution is 6.17. The molecule has 1 spiro atoms. The molecular weight excluding hydrogens is 747 g/mol. The van der Waals surface area contributed by atoms with Crippen LogP contribution in [0.4, 0.5) is 17.1 Å². The summed E-state index contributed by atoms with van der Waals surface area (Å²) >= 11 is 0. The highest BCUT2D eigenvalue weighted by Crippen LogP contribution is 2.63. The number of hydrogen-bond donors (Lipinski definition) is 0. The minimum atomic E-state index is -0.457. The van der Waals surface area contributed by atoms with Gasteiger partial charge in [0.2, 0.25) is 0 Å². The van der Waals surface area contributed by atoms with E-state index in [4.69, 9.17) is 0 Å². The van der Waals surface area contributed by atoms with E-state index in [0.29, 0.717) is 0 Å². The highest BCUT2D eigenvalue weighted by Gasteiger charge is 2.51. The molecule has 288 valence electrons. The second-order valence-corrected chi connectivity index (χ2v) is 16.7. The van der Waals surface area contributed by atoms with Crippen LogP contribution in [-0.2, 0) is 5.41 Å². The van der Waals surface area contributed by atoms with Crippen molar-refractivity contribution in [3.05, 3.63) is 259 Å². The fourth-order valence-electron chi connectivity index (χ4n) is 11.1. The van der Waals surface area contributed by atoms with E-state index in [1.807, 2.05) is 0 Å². The van der Waals surface area contributed by atoms with Crippen molar-refractivity contribution in [1.82, 2.24) is 0 Å². The largest absolute Gasteiger partial charge is 0.310 e. The van der Waals surface area contributed by atoms with Crippen LogP contribution in [0.15, 0.2) is 237 Å². The fourth-order valence-corrected chi connectivity index (χ4v) is 11.1. The Bertz CT molecular complexity index is 3530. The normalized spacial score (nSPS) is 13.0. The van der Waals surface area contributed by atoms with Gasteiger partial charge in [-0.2, -0.15) is 0 Å². The fraction of sp³-hybridized carbons (Fsp3) is 0.0164. The van der Waals surface area contributed by atoms with Crippen LogP contribution in [0.3, 0.4) is 0 Å². The third kappa shape index (κ3) is 4.91. The Balaban J connectivity index is 1.13. The summed E-state index contributed by atoms with van der Waals surface area (Å²) in [4.78, 5) is 2.51. The van der Waals surface area contributed by atoms with Crippen LogP contribution in [0.1, 0.15) is 22.3 Å². The number of nitrogens with zero attached hydrogens (tertiary/aromatic N) is 1. The first-order valence-corrected chi connectivity index (χ1v) is 21.6. The first-order valence-electron chi connectivity index (χ1n) is 21.6. The predicted octanol–water partition coefficient (Wildman–Crippen LogP) is 16.3. The first kappa shape index (κ1) is 34.8. The molecule has 1 heteroatoms. The molecule has 0 bridgehead atoms. The molecule has 0 saturated carbocycles. The topological polar surface area (TPSA) is 3.24 Å². The second kappa shape index (κ2) is 13.5. The lowest BCUT2D eigenvalue weighted by atomic mass is 9.70. The zero-order valence-corrected chi connectivity index (χ0v) is 34.0. The average Bonchev–Trinajstić information content (AvgIpc) is 3.81. The van der Waals surface area contributed by atoms with Gasteiger partial charge in [-0.25, -0.2) is 0 Å². The summed E-state index contributed by atoms with van der Waals surface area (Å²) in [7, 11) is 0. The lowest BCUT2D eigenvalue weighted by Crippen LogP contribution is -2.26. The molecular formula is C61H39N. The number of rotatable bonds is 5. The van der Waals surface area contributed by atoms with E-state index in [-0.39, 0.29) is 0 Å². The smallest absolute Gasteiger partial charge is 0.0726 e. The van der Waals surface area contributed by atoms with E-state index >= 15 is 0 Å². The van der Waals surface area contributed by atoms with Crippen molar-refractivity contribution in [2.75, 3.05) is 4.90 Å². The maximum atomic E-state index is 2.51. The van der Waals surface area contributed by atoms with E-state index in [2.05, 4.69) is 241 Å². The van der Waals surface area contributed by atoms with Crippen molar-refractivity contribution in [2.24, 2.45) is 0 Å². The van der Waals surface area contributed by atoms with Gasteiger partial charge in [0.1, 0.15) is 0 Å². The van der Waals surface area contributed by atoms with Crippen molar-refractivity contribution in [2.45, 2.75) is 5.41 Å². The third-order valence-corrected chi connectivity index (χ3v) is 13.6. The third-order valence-electron chi connectivity index (χ3n) is 13.6. The van der Waals surface area contributed by atoms with Gasteiger partial charge in [-0.15, -0.1) is 0 Å². The van der Waals surface area contributed by atoms with Crippen LogP contribution >= 0.6 is 0 Å². The number of fused-ring (bicyclic) bond motifs is 14. The Morgan fingerprint density at radius 1 is 0.274 bits per heavy atom. The summed E-state index contributed by atoms with van der Waals surface area (Å²) in [6.45, 7) is 0. The van der Waals surface area contributed by atoms with Gasteiger partial charge in [-0.1, -0.05) is 194 Å². The Labute approximate surface area is 361 Å². The van der Waals surface area contributed by atoms with E-state index in [0.717, 1.165) is 17.1 Å². The maximum Gasteiger partial charge on any atom is 0.0726 e. The molecule has 0 heterocycles. The van der Waals surface area contributed by atoms with E-state index in [9.17, 15) is 0 Å². The number of benzene rings is 11. The van der Waals surface area contributed by atoms with Crippen molar-refractivity contribution < 1.29 is 0 Å². The van der Waals surface area contributed by atoms with Gasteiger partial charge in [-0.05, 0) is 136 Å². The summed E-state index contributed by atoms with van der Waals surface area (Å²) in [6, 6.07) is 88.1. The van der Waals surface area contributed by atoms with Gasteiger partial charge in [0.15, 0.2) is 0 Å². The summed E-state index contributed by atoms with van der Waals surface area (Å²) in [5, 5.41) is 7.43. The van der Waals surface area contributed by atoms with E-state index in [1.54, 1.807) is 0 Å². The predicted molar refractivity (Wildman–Crippen MR) is 261 cm³/mol. The molecule has 13 rings (SSSR count). The molecule has 0 radical (unpaired) electrons. The van der Waals surface area contributed by atoms with Crippen LogP contribution in [0.2, 0.25) is 0 Å². The molecule has 0 fully saturated rings. The monoisotopic (exact) mass is 785 g/mol. The molecule has 0 amide bonds. The lowest BCUT2D eigenvalue weighted by molar-refractivity contribution is 0.793. The molecule has 0 N–H and O–H groups in total. The minimum Gasteiger partial charge on any atom is -0.310 e. The Hall–Kier alpha value is -8.00. The standard InChI is InChI=1S/C61H39N/c1-2-20-44(21-3-1)62(45-35-36-53-52-27-12-15-31-57(52)61(58(53)39-45)55-29-13-10-25-50(55)51-26-11-14-30-56(51)61)59-32-16-28-47(43-34-33-40-17-4-5-18-41(40)37-43)60(59)54-38-42-19-6-7-22-46(42)48-23-8-9-24-49(48)54/h1-39H. The van der Waals surface area contributed by atoms with Crippen LogP contribution in [0.5, 0.6) is 0 Å². The number of anilines is 3. The minimum absolute atomic E-state index is 0.457. The molecule has 2 aliphatic rings. The summed E-state index contributed by atoms with van der Waals surface area (Å²) in [5.74, 6) is 0. The summed E-state index contributed by atoms with van der Waals surface area (Å²) in [6.07, 6.45) is 0. The van der Waals surface area contributed by atoms with Gasteiger partial charge in [0.05, 0.1) is 11.1 Å². The molecule has 11 aromatic carbocycles. The average molecular weight is 786 g/mol. The quantitative estimate of drug-likeness (QED) is 0.157. The Morgan fingerprint density at radius 2 is 0.823 bits per heavy atom. The van der Waals surface area contributed by atoms with Crippen molar-refractivity contribution in [1.29, 1.82) is 0 Å². The van der Waals surface area contributed by atoms with Crippen molar-refractivity contribution in [3.8, 4) is 44.5 Å². The van der Waals surface area contributed by atoms with E-state index < -0.39 is 5.41 Å². The number of para-hydroxylation sites is 1. The van der Waals surface area contributed by atoms with Crippen LogP contribution < -0.4 is 4.90 Å². The lowest BCUT2D eigenvalue weighted by Gasteiger charge is -2.33. The van der Waals surface area contributed by atoms with Crippen LogP contribution in [-0.4, -0.2) is 0 Å². The van der Waals surface area contributed by atoms with Gasteiger partial charge < -0.3 is 4.90 Å². The Kier molecular flexibility index (Phi) is 7.59. The van der Waals surface area contributed by atoms with Crippen molar-refractivity contribution in [3.63, 3.8) is 0 Å². The van der Waals surface area contributed by atoms with Gasteiger partial charge in [0, 0.05) is 16.9 Å². The van der Waals surface area contributed by atoms with Gasteiger partial charge >= 0.3 is 0 Å². The number of hydrogen-bond acceptors (Lipinski definition) is 1.